The number of hydrogen-bond donors (Lipinski definition) is 0. The van der Waals surface area contributed by atoms with E-state index >= 15 is 0 Å². The van der Waals surface area contributed by atoms with Crippen molar-refractivity contribution in [1.29, 1.82) is 0 Å². The Kier molecular flexibility index (Phi) is 6.46. The normalized spacial score (nSPS) is 13.0. The Labute approximate surface area is 210 Å². The Morgan fingerprint density at radius 3 is 1.94 bits per heavy atom. The minimum Gasteiger partial charge on any atom is -0.311 e. The third kappa shape index (κ3) is 4.56. The Bertz CT molecular complexity index is 1480. The molecular formula is C31H26N2O3. The first kappa shape index (κ1) is 23.2. The van der Waals surface area contributed by atoms with Gasteiger partial charge >= 0.3 is 0 Å². The highest BCUT2D eigenvalue weighted by Gasteiger charge is 2.35. The van der Waals surface area contributed by atoms with Crippen molar-refractivity contribution in [1.82, 2.24) is 9.47 Å². The zero-order valence-electron chi connectivity index (χ0n) is 20.1. The molecule has 5 nitrogen and oxygen atoms in total. The maximum Gasteiger partial charge on any atom is 0.261 e. The summed E-state index contributed by atoms with van der Waals surface area (Å²) in [7, 11) is 0. The minimum absolute atomic E-state index is 0.117. The van der Waals surface area contributed by atoms with Crippen LogP contribution in [-0.4, -0.2) is 27.8 Å². The van der Waals surface area contributed by atoms with Crippen molar-refractivity contribution in [2.75, 3.05) is 6.54 Å². The van der Waals surface area contributed by atoms with Gasteiger partial charge in [0.25, 0.3) is 17.4 Å². The first-order chi connectivity index (χ1) is 17.5. The minimum atomic E-state index is -0.311. The fraction of sp³-hybridized carbons (Fsp3) is 0.129. The van der Waals surface area contributed by atoms with Crippen LogP contribution in [0.15, 0.2) is 95.9 Å². The average Bonchev–Trinajstić information content (AvgIpc) is 3.15. The number of hydrogen-bond acceptors (Lipinski definition) is 3. The van der Waals surface area contributed by atoms with Crippen LogP contribution in [-0.2, 0) is 13.0 Å². The molecule has 0 unspecified atom stereocenters. The van der Waals surface area contributed by atoms with E-state index in [9.17, 15) is 14.4 Å². The van der Waals surface area contributed by atoms with Gasteiger partial charge in [0.05, 0.1) is 17.7 Å². The van der Waals surface area contributed by atoms with E-state index in [0.717, 1.165) is 22.3 Å². The summed E-state index contributed by atoms with van der Waals surface area (Å²) in [6.45, 7) is 2.57. The van der Waals surface area contributed by atoms with Gasteiger partial charge in [0, 0.05) is 18.3 Å². The third-order valence-corrected chi connectivity index (χ3v) is 6.52. The number of aromatic nitrogens is 1. The molecule has 5 heteroatoms. The van der Waals surface area contributed by atoms with Crippen molar-refractivity contribution in [3.8, 4) is 0 Å². The molecule has 0 radical (unpaired) electrons. The molecule has 178 valence electrons. The van der Waals surface area contributed by atoms with Crippen LogP contribution in [0.2, 0.25) is 0 Å². The number of benzene rings is 3. The van der Waals surface area contributed by atoms with E-state index in [1.165, 1.54) is 4.90 Å². The summed E-state index contributed by atoms with van der Waals surface area (Å²) in [5, 5.41) is 0. The Balaban J connectivity index is 1.50. The summed E-state index contributed by atoms with van der Waals surface area (Å²) in [5.74, 6) is -0.622. The molecule has 0 saturated carbocycles. The molecular weight excluding hydrogens is 448 g/mol. The largest absolute Gasteiger partial charge is 0.311 e. The summed E-state index contributed by atoms with van der Waals surface area (Å²) >= 11 is 0. The second kappa shape index (κ2) is 10.0. The van der Waals surface area contributed by atoms with Gasteiger partial charge < -0.3 is 4.57 Å². The third-order valence-electron chi connectivity index (χ3n) is 6.52. The van der Waals surface area contributed by atoms with Gasteiger partial charge in [-0.25, -0.2) is 0 Å². The van der Waals surface area contributed by atoms with Crippen LogP contribution >= 0.6 is 0 Å². The van der Waals surface area contributed by atoms with E-state index in [1.807, 2.05) is 85.9 Å². The van der Waals surface area contributed by atoms with Gasteiger partial charge in [-0.2, -0.15) is 0 Å². The number of fused-ring (bicyclic) bond motifs is 1. The summed E-state index contributed by atoms with van der Waals surface area (Å²) < 4.78 is 1.71. The standard InChI is InChI=1S/C31H26N2O3/c1-22-20-32(21-24-12-6-3-7-13-24)29(34)28(25(22)17-16-23-10-4-2-5-11-23)18-19-33-30(35)26-14-8-9-15-27(26)31(33)36/h2-17,20H,18-19,21H2,1H3/b17-16+. The molecule has 0 spiro atoms. The quantitative estimate of drug-likeness (QED) is 0.345. The highest BCUT2D eigenvalue weighted by molar-refractivity contribution is 6.21. The van der Waals surface area contributed by atoms with E-state index in [2.05, 4.69) is 0 Å². The summed E-state index contributed by atoms with van der Waals surface area (Å²) in [6, 6.07) is 26.6. The van der Waals surface area contributed by atoms with Gasteiger partial charge in [-0.05, 0) is 47.7 Å². The Morgan fingerprint density at radius 2 is 1.31 bits per heavy atom. The Morgan fingerprint density at radius 1 is 0.722 bits per heavy atom. The number of amides is 2. The molecule has 0 N–H and O–H groups in total. The van der Waals surface area contributed by atoms with E-state index in [1.54, 1.807) is 28.8 Å². The number of aryl methyl sites for hydroxylation is 1. The number of carbonyl (C=O) groups excluding carboxylic acids is 2. The topological polar surface area (TPSA) is 59.4 Å². The van der Waals surface area contributed by atoms with Crippen molar-refractivity contribution < 1.29 is 9.59 Å². The van der Waals surface area contributed by atoms with Crippen LogP contribution in [0.5, 0.6) is 0 Å². The van der Waals surface area contributed by atoms with E-state index in [-0.39, 0.29) is 30.3 Å². The van der Waals surface area contributed by atoms with Gasteiger partial charge in [-0.15, -0.1) is 0 Å². The fourth-order valence-electron chi connectivity index (χ4n) is 4.67. The summed E-state index contributed by atoms with van der Waals surface area (Å²) in [5.41, 5.74) is 5.13. The Hall–Kier alpha value is -4.51. The van der Waals surface area contributed by atoms with E-state index in [4.69, 9.17) is 0 Å². The van der Waals surface area contributed by atoms with E-state index < -0.39 is 0 Å². The summed E-state index contributed by atoms with van der Waals surface area (Å²) in [6.07, 6.45) is 6.09. The molecule has 0 saturated heterocycles. The number of nitrogens with zero attached hydrogens (tertiary/aromatic N) is 2. The SMILES string of the molecule is Cc1cn(Cc2ccccc2)c(=O)c(CCN2C(=O)c3ccccc3C2=O)c1/C=C/c1ccccc1. The lowest BCUT2D eigenvalue weighted by Crippen LogP contribution is -2.34. The van der Waals surface area contributed by atoms with Gasteiger partial charge in [-0.1, -0.05) is 84.9 Å². The van der Waals surface area contributed by atoms with Gasteiger partial charge in [-0.3, -0.25) is 19.3 Å². The van der Waals surface area contributed by atoms with Gasteiger partial charge in [0.2, 0.25) is 0 Å². The molecule has 4 aromatic rings. The lowest BCUT2D eigenvalue weighted by atomic mass is 10.00. The lowest BCUT2D eigenvalue weighted by molar-refractivity contribution is 0.0656. The lowest BCUT2D eigenvalue weighted by Gasteiger charge is -2.17. The zero-order valence-corrected chi connectivity index (χ0v) is 20.1. The molecule has 1 aliphatic rings. The van der Waals surface area contributed by atoms with Crippen LogP contribution < -0.4 is 5.56 Å². The second-order valence-electron chi connectivity index (χ2n) is 8.92. The first-order valence-electron chi connectivity index (χ1n) is 12.0. The molecule has 2 heterocycles. The van der Waals surface area contributed by atoms with Gasteiger partial charge in [0.1, 0.15) is 0 Å². The molecule has 2 amide bonds. The van der Waals surface area contributed by atoms with Crippen LogP contribution in [0.25, 0.3) is 12.2 Å². The van der Waals surface area contributed by atoms with Crippen molar-refractivity contribution >= 4 is 24.0 Å². The van der Waals surface area contributed by atoms with Crippen molar-refractivity contribution in [2.24, 2.45) is 0 Å². The van der Waals surface area contributed by atoms with Crippen LogP contribution in [0, 0.1) is 6.92 Å². The van der Waals surface area contributed by atoms with Crippen molar-refractivity contribution in [2.45, 2.75) is 19.9 Å². The smallest absolute Gasteiger partial charge is 0.261 e. The maximum atomic E-state index is 13.7. The molecule has 3 aromatic carbocycles. The molecule has 36 heavy (non-hydrogen) atoms. The number of imide groups is 1. The van der Waals surface area contributed by atoms with Crippen LogP contribution in [0.4, 0.5) is 0 Å². The van der Waals surface area contributed by atoms with Crippen LogP contribution in [0.3, 0.4) is 0 Å². The van der Waals surface area contributed by atoms with Crippen molar-refractivity contribution in [3.05, 3.63) is 140 Å². The zero-order chi connectivity index (χ0) is 25.1. The monoisotopic (exact) mass is 474 g/mol. The highest BCUT2D eigenvalue weighted by atomic mass is 16.2. The van der Waals surface area contributed by atoms with E-state index in [0.29, 0.717) is 23.2 Å². The molecule has 0 bridgehead atoms. The molecule has 1 aliphatic heterocycles. The molecule has 0 atom stereocenters. The predicted molar refractivity (Wildman–Crippen MR) is 142 cm³/mol. The first-order valence-corrected chi connectivity index (χ1v) is 12.0. The molecule has 0 aliphatic carbocycles. The molecule has 1 aromatic heterocycles. The van der Waals surface area contributed by atoms with Gasteiger partial charge in [0.15, 0.2) is 0 Å². The van der Waals surface area contributed by atoms with Crippen molar-refractivity contribution in [3.63, 3.8) is 0 Å². The van der Waals surface area contributed by atoms with Crippen LogP contribution in [0.1, 0.15) is 48.5 Å². The second-order valence-corrected chi connectivity index (χ2v) is 8.92. The molecule has 5 rings (SSSR count). The number of rotatable bonds is 7. The fourth-order valence-corrected chi connectivity index (χ4v) is 4.67. The highest BCUT2D eigenvalue weighted by Crippen LogP contribution is 2.23. The molecule has 0 fully saturated rings. The summed E-state index contributed by atoms with van der Waals surface area (Å²) in [4.78, 5) is 40.7. The predicted octanol–water partition coefficient (Wildman–Crippen LogP) is 5.21. The maximum absolute atomic E-state index is 13.7. The average molecular weight is 475 g/mol. The number of carbonyl (C=O) groups is 2. The number of pyridine rings is 1.